The van der Waals surface area contributed by atoms with Gasteiger partial charge in [-0.2, -0.15) is 0 Å². The first kappa shape index (κ1) is 17.1. The molecule has 2 unspecified atom stereocenters. The fourth-order valence-corrected chi connectivity index (χ4v) is 3.96. The number of benzene rings is 1. The molecule has 1 aliphatic rings. The Morgan fingerprint density at radius 3 is 2.82 bits per heavy atom. The minimum absolute atomic E-state index is 0.0303. The van der Waals surface area contributed by atoms with E-state index in [1.165, 1.54) is 6.07 Å². The second-order valence-corrected chi connectivity index (χ2v) is 7.27. The number of hydrogen-bond donors (Lipinski definition) is 2. The monoisotopic (exact) mass is 330 g/mol. The van der Waals surface area contributed by atoms with Crippen LogP contribution >= 0.6 is 0 Å². The molecular weight excluding hydrogens is 310 g/mol. The highest BCUT2D eigenvalue weighted by atomic mass is 32.2. The van der Waals surface area contributed by atoms with E-state index in [0.717, 1.165) is 12.1 Å². The largest absolute Gasteiger partial charge is 0.315 e. The molecule has 122 valence electrons. The van der Waals surface area contributed by atoms with Crippen LogP contribution in [0, 0.1) is 11.6 Å². The van der Waals surface area contributed by atoms with Crippen molar-refractivity contribution in [1.29, 1.82) is 0 Å². The van der Waals surface area contributed by atoms with Gasteiger partial charge in [-0.05, 0) is 37.1 Å². The third kappa shape index (κ3) is 4.34. The van der Waals surface area contributed by atoms with Gasteiger partial charge in [0.2, 0.25) is 10.0 Å². The summed E-state index contributed by atoms with van der Waals surface area (Å²) in [4.78, 5) is 0. The van der Waals surface area contributed by atoms with Crippen LogP contribution in [0.2, 0.25) is 0 Å². The number of halogens is 2. The van der Waals surface area contributed by atoms with Crippen LogP contribution in [0.4, 0.5) is 8.78 Å². The van der Waals surface area contributed by atoms with E-state index in [4.69, 9.17) is 0 Å². The van der Waals surface area contributed by atoms with Crippen molar-refractivity contribution in [3.8, 4) is 0 Å². The Morgan fingerprint density at radius 1 is 1.36 bits per heavy atom. The minimum atomic E-state index is -3.43. The molecule has 1 heterocycles. The van der Waals surface area contributed by atoms with Crippen molar-refractivity contribution in [2.24, 2.45) is 0 Å². The molecule has 1 aromatic rings. The molecule has 0 radical (unpaired) electrons. The highest BCUT2D eigenvalue weighted by molar-refractivity contribution is 7.89. The molecule has 1 aliphatic heterocycles. The van der Waals surface area contributed by atoms with Gasteiger partial charge in [-0.3, -0.25) is 0 Å². The van der Waals surface area contributed by atoms with Crippen LogP contribution < -0.4 is 10.0 Å². The molecule has 4 nitrogen and oxygen atoms in total. The van der Waals surface area contributed by atoms with Gasteiger partial charge < -0.3 is 5.32 Å². The molecule has 7 heteroatoms. The Labute approximate surface area is 129 Å². The predicted octanol–water partition coefficient (Wildman–Crippen LogP) is 1.91. The second-order valence-electron chi connectivity index (χ2n) is 5.39. The van der Waals surface area contributed by atoms with Gasteiger partial charge in [-0.1, -0.05) is 12.1 Å². The predicted molar refractivity (Wildman–Crippen MR) is 82.1 cm³/mol. The van der Waals surface area contributed by atoms with Gasteiger partial charge in [0.05, 0.1) is 5.75 Å². The summed E-state index contributed by atoms with van der Waals surface area (Å²) < 4.78 is 53.2. The van der Waals surface area contributed by atoms with E-state index in [1.807, 2.05) is 0 Å². The average Bonchev–Trinajstić information content (AvgIpc) is 2.48. The van der Waals surface area contributed by atoms with E-state index in [9.17, 15) is 17.2 Å². The van der Waals surface area contributed by atoms with Crippen molar-refractivity contribution in [1.82, 2.24) is 10.0 Å². The summed E-state index contributed by atoms with van der Waals surface area (Å²) in [7, 11) is -3.43. The van der Waals surface area contributed by atoms with Gasteiger partial charge in [0.15, 0.2) is 11.6 Å². The number of allylic oxidation sites excluding steroid dienone is 1. The fraction of sp³-hybridized carbons (Fsp3) is 0.467. The Hall–Kier alpha value is -1.31. The highest BCUT2D eigenvalue weighted by Gasteiger charge is 2.30. The summed E-state index contributed by atoms with van der Waals surface area (Å²) in [5, 5.41) is 3.12. The summed E-state index contributed by atoms with van der Waals surface area (Å²) in [5.41, 5.74) is 0.608. The van der Waals surface area contributed by atoms with E-state index >= 15 is 0 Å². The number of rotatable bonds is 6. The Kier molecular flexibility index (Phi) is 5.66. The van der Waals surface area contributed by atoms with Gasteiger partial charge >= 0.3 is 0 Å². The van der Waals surface area contributed by atoms with Gasteiger partial charge in [-0.15, -0.1) is 6.58 Å². The van der Waals surface area contributed by atoms with Crippen LogP contribution in [-0.2, 0) is 10.0 Å². The Balaban J connectivity index is 2.17. The molecule has 0 spiro atoms. The van der Waals surface area contributed by atoms with E-state index in [-0.39, 0.29) is 17.7 Å². The molecule has 1 saturated heterocycles. The molecule has 1 aromatic carbocycles. The van der Waals surface area contributed by atoms with Crippen molar-refractivity contribution in [2.75, 3.05) is 18.8 Å². The third-order valence-electron chi connectivity index (χ3n) is 3.78. The van der Waals surface area contributed by atoms with Gasteiger partial charge in [0.1, 0.15) is 0 Å². The number of nitrogens with one attached hydrogen (secondary N) is 2. The molecule has 2 atom stereocenters. The summed E-state index contributed by atoms with van der Waals surface area (Å²) in [6.45, 7) is 4.67. The first-order chi connectivity index (χ1) is 10.4. The molecule has 2 N–H and O–H groups in total. The van der Waals surface area contributed by atoms with E-state index in [0.29, 0.717) is 31.5 Å². The lowest BCUT2D eigenvalue weighted by Gasteiger charge is -2.33. The van der Waals surface area contributed by atoms with Crippen LogP contribution in [0.3, 0.4) is 0 Å². The van der Waals surface area contributed by atoms with Crippen molar-refractivity contribution < 1.29 is 17.2 Å². The lowest BCUT2D eigenvalue weighted by Crippen LogP contribution is -2.50. The van der Waals surface area contributed by atoms with E-state index in [2.05, 4.69) is 16.6 Å². The average molecular weight is 330 g/mol. The molecule has 0 amide bonds. The van der Waals surface area contributed by atoms with Crippen LogP contribution in [0.25, 0.3) is 0 Å². The smallest absolute Gasteiger partial charge is 0.212 e. The molecule has 22 heavy (non-hydrogen) atoms. The molecule has 0 bridgehead atoms. The second kappa shape index (κ2) is 7.30. The van der Waals surface area contributed by atoms with Crippen molar-refractivity contribution in [2.45, 2.75) is 24.8 Å². The van der Waals surface area contributed by atoms with Crippen molar-refractivity contribution in [3.05, 3.63) is 48.1 Å². The van der Waals surface area contributed by atoms with E-state index < -0.39 is 21.7 Å². The zero-order valence-electron chi connectivity index (χ0n) is 12.2. The maximum absolute atomic E-state index is 13.4. The topological polar surface area (TPSA) is 58.2 Å². The van der Waals surface area contributed by atoms with Crippen LogP contribution in [0.15, 0.2) is 30.9 Å². The maximum atomic E-state index is 13.4. The SMILES string of the molecule is C=CCCS(=O)(=O)NC1CNCCC1c1ccc(F)c(F)c1. The van der Waals surface area contributed by atoms with Crippen LogP contribution in [-0.4, -0.2) is 33.3 Å². The zero-order chi connectivity index (χ0) is 16.2. The molecule has 2 rings (SSSR count). The lowest BCUT2D eigenvalue weighted by atomic mass is 9.86. The summed E-state index contributed by atoms with van der Waals surface area (Å²) in [5.74, 6) is -2.03. The molecule has 0 saturated carbocycles. The third-order valence-corrected chi connectivity index (χ3v) is 5.21. The number of piperidine rings is 1. The summed E-state index contributed by atoms with van der Waals surface area (Å²) in [6, 6.07) is 3.36. The number of sulfonamides is 1. The first-order valence-electron chi connectivity index (χ1n) is 7.19. The first-order valence-corrected chi connectivity index (χ1v) is 8.85. The summed E-state index contributed by atoms with van der Waals surface area (Å²) in [6.07, 6.45) is 2.57. The summed E-state index contributed by atoms with van der Waals surface area (Å²) >= 11 is 0. The van der Waals surface area contributed by atoms with E-state index in [1.54, 1.807) is 6.08 Å². The Bertz CT molecular complexity index is 634. The standard InChI is InChI=1S/C15H20F2N2O2S/c1-2-3-8-22(20,21)19-15-10-18-7-6-12(15)11-4-5-13(16)14(17)9-11/h2,4-5,9,12,15,18-19H,1,3,6-8,10H2. The lowest BCUT2D eigenvalue weighted by molar-refractivity contribution is 0.376. The molecule has 1 fully saturated rings. The normalized spacial score (nSPS) is 22.5. The molecular formula is C15H20F2N2O2S. The van der Waals surface area contributed by atoms with Crippen molar-refractivity contribution in [3.63, 3.8) is 0 Å². The maximum Gasteiger partial charge on any atom is 0.212 e. The van der Waals surface area contributed by atoms with Crippen LogP contribution in [0.1, 0.15) is 24.3 Å². The Morgan fingerprint density at radius 2 is 2.14 bits per heavy atom. The van der Waals surface area contributed by atoms with Crippen molar-refractivity contribution >= 4 is 10.0 Å². The highest BCUT2D eigenvalue weighted by Crippen LogP contribution is 2.27. The molecule has 0 aliphatic carbocycles. The minimum Gasteiger partial charge on any atom is -0.315 e. The number of hydrogen-bond acceptors (Lipinski definition) is 3. The van der Waals surface area contributed by atoms with Gasteiger partial charge in [-0.25, -0.2) is 21.9 Å². The zero-order valence-corrected chi connectivity index (χ0v) is 13.0. The van der Waals surface area contributed by atoms with Gasteiger partial charge in [0, 0.05) is 18.5 Å². The molecule has 0 aromatic heterocycles. The quantitative estimate of drug-likeness (QED) is 0.784. The fourth-order valence-electron chi connectivity index (χ4n) is 2.65. The van der Waals surface area contributed by atoms with Gasteiger partial charge in [0.25, 0.3) is 0 Å². The van der Waals surface area contributed by atoms with Crippen LogP contribution in [0.5, 0.6) is 0 Å².